The highest BCUT2D eigenvalue weighted by Crippen LogP contribution is 2.43. The van der Waals surface area contributed by atoms with E-state index in [1.807, 2.05) is 6.07 Å². The zero-order valence-corrected chi connectivity index (χ0v) is 18.1. The molecule has 0 N–H and O–H groups in total. The molecule has 0 radical (unpaired) electrons. The van der Waals surface area contributed by atoms with Crippen LogP contribution >= 0.6 is 0 Å². The Morgan fingerprint density at radius 1 is 0.966 bits per heavy atom. The number of carbonyl (C=O) groups excluding carboxylic acids is 1. The lowest BCUT2D eigenvalue weighted by molar-refractivity contribution is -0.110. The number of ether oxygens (including phenoxy) is 1. The molecule has 2 unspecified atom stereocenters. The van der Waals surface area contributed by atoms with E-state index in [0.717, 1.165) is 83.0 Å². The van der Waals surface area contributed by atoms with Crippen molar-refractivity contribution in [3.63, 3.8) is 0 Å². The summed E-state index contributed by atoms with van der Waals surface area (Å²) in [7, 11) is 6.06. The van der Waals surface area contributed by atoms with Gasteiger partial charge in [0.1, 0.15) is 12.0 Å². The summed E-state index contributed by atoms with van der Waals surface area (Å²) in [6, 6.07) is 6.23. The number of anilines is 1. The Hall–Kier alpha value is -1.67. The summed E-state index contributed by atoms with van der Waals surface area (Å²) >= 11 is 0. The summed E-state index contributed by atoms with van der Waals surface area (Å²) in [5.74, 6) is 0.699. The topological polar surface area (TPSA) is 42.5 Å². The molecule has 7 nitrogen and oxygen atoms in total. The first kappa shape index (κ1) is 20.6. The third-order valence-corrected chi connectivity index (χ3v) is 6.86. The molecule has 0 aromatic heterocycles. The van der Waals surface area contributed by atoms with Gasteiger partial charge in [-0.25, -0.2) is 0 Å². The van der Waals surface area contributed by atoms with Gasteiger partial charge in [-0.1, -0.05) is 0 Å². The van der Waals surface area contributed by atoms with Crippen molar-refractivity contribution in [2.45, 2.75) is 12.1 Å². The fraction of sp³-hybridized carbons (Fsp3) is 0.682. The molecule has 7 heteroatoms. The van der Waals surface area contributed by atoms with Gasteiger partial charge in [0.25, 0.3) is 0 Å². The van der Waals surface area contributed by atoms with Crippen LogP contribution in [-0.4, -0.2) is 119 Å². The van der Waals surface area contributed by atoms with E-state index in [9.17, 15) is 4.79 Å². The summed E-state index contributed by atoms with van der Waals surface area (Å²) in [5.41, 5.74) is 2.31. The quantitative estimate of drug-likeness (QED) is 0.648. The Balaban J connectivity index is 1.57. The average molecular weight is 402 g/mol. The van der Waals surface area contributed by atoms with Gasteiger partial charge in [0.15, 0.2) is 0 Å². The average Bonchev–Trinajstić information content (AvgIpc) is 3.06. The maximum atomic E-state index is 12.3. The molecule has 1 aromatic carbocycles. The van der Waals surface area contributed by atoms with E-state index in [-0.39, 0.29) is 12.1 Å². The zero-order valence-electron chi connectivity index (χ0n) is 18.1. The van der Waals surface area contributed by atoms with Gasteiger partial charge in [-0.2, -0.15) is 0 Å². The number of benzene rings is 1. The molecule has 0 bridgehead atoms. The number of fused-ring (bicyclic) bond motifs is 1. The first-order valence-electron chi connectivity index (χ1n) is 10.8. The van der Waals surface area contributed by atoms with Gasteiger partial charge >= 0.3 is 0 Å². The number of likely N-dealkylation sites (N-methyl/N-ethyl adjacent to an activating group) is 2. The van der Waals surface area contributed by atoms with Gasteiger partial charge in [0.05, 0.1) is 19.2 Å². The van der Waals surface area contributed by atoms with Crippen LogP contribution in [0.1, 0.15) is 11.5 Å². The standard InChI is InChI=1S/C22H35N5O2/c1-23-6-10-25(11-7-23)12-15-27-21-5-4-18(29-3)16-19(21)20(17-28)22(27)26-13-8-24(2)9-14-26/h4-5,16-17,20,22H,6-15H2,1-3H3. The molecule has 160 valence electrons. The molecule has 2 atom stereocenters. The lowest BCUT2D eigenvalue weighted by Gasteiger charge is -2.43. The van der Waals surface area contributed by atoms with Crippen LogP contribution in [0.3, 0.4) is 0 Å². The number of carbonyl (C=O) groups is 1. The SMILES string of the molecule is COc1ccc2c(c1)C(C=O)C(N1CCN(C)CC1)N2CCN1CCN(C)CC1. The second-order valence-corrected chi connectivity index (χ2v) is 8.68. The highest BCUT2D eigenvalue weighted by molar-refractivity contribution is 5.76. The smallest absolute Gasteiger partial charge is 0.130 e. The van der Waals surface area contributed by atoms with Crippen molar-refractivity contribution in [2.24, 2.45) is 0 Å². The van der Waals surface area contributed by atoms with Crippen molar-refractivity contribution in [3.8, 4) is 5.75 Å². The van der Waals surface area contributed by atoms with Crippen LogP contribution in [0.15, 0.2) is 18.2 Å². The largest absolute Gasteiger partial charge is 0.497 e. The molecule has 2 saturated heterocycles. The van der Waals surface area contributed by atoms with Gasteiger partial charge < -0.3 is 24.2 Å². The molecule has 0 aliphatic carbocycles. The number of hydrogen-bond donors (Lipinski definition) is 0. The van der Waals surface area contributed by atoms with E-state index >= 15 is 0 Å². The second-order valence-electron chi connectivity index (χ2n) is 8.68. The Bertz CT molecular complexity index is 698. The summed E-state index contributed by atoms with van der Waals surface area (Å²) in [6.45, 7) is 10.6. The molecule has 3 aliphatic rings. The normalized spacial score (nSPS) is 27.2. The molecule has 0 spiro atoms. The third kappa shape index (κ3) is 4.28. The van der Waals surface area contributed by atoms with Crippen LogP contribution in [0.5, 0.6) is 5.75 Å². The molecule has 29 heavy (non-hydrogen) atoms. The van der Waals surface area contributed by atoms with Crippen LogP contribution in [0.25, 0.3) is 0 Å². The van der Waals surface area contributed by atoms with Gasteiger partial charge in [0.2, 0.25) is 0 Å². The Morgan fingerprint density at radius 2 is 1.62 bits per heavy atom. The Kier molecular flexibility index (Phi) is 6.39. The van der Waals surface area contributed by atoms with E-state index in [1.54, 1.807) is 7.11 Å². The molecule has 3 aliphatic heterocycles. The van der Waals surface area contributed by atoms with Crippen molar-refractivity contribution < 1.29 is 9.53 Å². The van der Waals surface area contributed by atoms with Gasteiger partial charge in [-0.3, -0.25) is 9.80 Å². The minimum Gasteiger partial charge on any atom is -0.497 e. The minimum absolute atomic E-state index is 0.107. The molecule has 0 saturated carbocycles. The molecular weight excluding hydrogens is 366 g/mol. The maximum Gasteiger partial charge on any atom is 0.130 e. The zero-order chi connectivity index (χ0) is 20.4. The van der Waals surface area contributed by atoms with Crippen molar-refractivity contribution >= 4 is 12.0 Å². The van der Waals surface area contributed by atoms with Crippen LogP contribution in [-0.2, 0) is 4.79 Å². The maximum absolute atomic E-state index is 12.3. The van der Waals surface area contributed by atoms with E-state index in [0.29, 0.717) is 0 Å². The third-order valence-electron chi connectivity index (χ3n) is 6.86. The van der Waals surface area contributed by atoms with E-state index in [4.69, 9.17) is 4.74 Å². The van der Waals surface area contributed by atoms with Gasteiger partial charge in [-0.05, 0) is 37.9 Å². The van der Waals surface area contributed by atoms with Crippen LogP contribution in [0.4, 0.5) is 5.69 Å². The first-order chi connectivity index (χ1) is 14.1. The van der Waals surface area contributed by atoms with Crippen molar-refractivity contribution in [3.05, 3.63) is 23.8 Å². The minimum atomic E-state index is -0.129. The van der Waals surface area contributed by atoms with Crippen LogP contribution < -0.4 is 9.64 Å². The predicted molar refractivity (Wildman–Crippen MR) is 116 cm³/mol. The molecule has 0 amide bonds. The number of aldehydes is 1. The lowest BCUT2D eigenvalue weighted by Crippen LogP contribution is -2.57. The van der Waals surface area contributed by atoms with Crippen molar-refractivity contribution in [1.82, 2.24) is 19.6 Å². The molecule has 3 heterocycles. The van der Waals surface area contributed by atoms with Crippen molar-refractivity contribution in [1.29, 1.82) is 0 Å². The molecular formula is C22H35N5O2. The molecule has 4 rings (SSSR count). The Labute approximate surface area is 174 Å². The number of hydrogen-bond acceptors (Lipinski definition) is 7. The summed E-state index contributed by atoms with van der Waals surface area (Å²) in [6.07, 6.45) is 1.26. The van der Waals surface area contributed by atoms with E-state index < -0.39 is 0 Å². The summed E-state index contributed by atoms with van der Waals surface area (Å²) < 4.78 is 5.46. The fourth-order valence-electron chi connectivity index (χ4n) is 4.91. The fourth-order valence-corrected chi connectivity index (χ4v) is 4.91. The van der Waals surface area contributed by atoms with E-state index in [2.05, 4.69) is 50.7 Å². The number of methoxy groups -OCH3 is 1. The number of piperazine rings is 2. The lowest BCUT2D eigenvalue weighted by atomic mass is 9.99. The highest BCUT2D eigenvalue weighted by atomic mass is 16.5. The van der Waals surface area contributed by atoms with Gasteiger partial charge in [-0.15, -0.1) is 0 Å². The molecule has 2 fully saturated rings. The number of rotatable bonds is 6. The van der Waals surface area contributed by atoms with E-state index in [1.165, 1.54) is 5.69 Å². The second kappa shape index (κ2) is 9.00. The van der Waals surface area contributed by atoms with Crippen LogP contribution in [0, 0.1) is 0 Å². The highest BCUT2D eigenvalue weighted by Gasteiger charge is 2.42. The number of nitrogens with zero attached hydrogens (tertiary/aromatic N) is 5. The predicted octanol–water partition coefficient (Wildman–Crippen LogP) is 0.619. The first-order valence-corrected chi connectivity index (χ1v) is 10.8. The summed E-state index contributed by atoms with van der Waals surface area (Å²) in [4.78, 5) is 24.6. The van der Waals surface area contributed by atoms with Crippen molar-refractivity contribution in [2.75, 3.05) is 91.6 Å². The monoisotopic (exact) mass is 401 g/mol. The van der Waals surface area contributed by atoms with Gasteiger partial charge in [0, 0.05) is 71.1 Å². The Morgan fingerprint density at radius 3 is 2.24 bits per heavy atom. The summed E-state index contributed by atoms with van der Waals surface area (Å²) in [5, 5.41) is 0. The molecule has 1 aromatic rings. The van der Waals surface area contributed by atoms with Crippen LogP contribution in [0.2, 0.25) is 0 Å².